The number of hydrogen-bond donors (Lipinski definition) is 2. The Labute approximate surface area is 116 Å². The lowest BCUT2D eigenvalue weighted by Gasteiger charge is -2.25. The third-order valence-electron chi connectivity index (χ3n) is 3.15. The van der Waals surface area contributed by atoms with Crippen molar-refractivity contribution in [3.8, 4) is 0 Å². The highest BCUT2D eigenvalue weighted by molar-refractivity contribution is 5.92. The molecule has 1 aromatic rings. The van der Waals surface area contributed by atoms with Gasteiger partial charge in [-0.25, -0.2) is 0 Å². The number of nitrogens with zero attached hydrogens (tertiary/aromatic N) is 1. The number of amides is 1. The van der Waals surface area contributed by atoms with Crippen molar-refractivity contribution in [3.05, 3.63) is 24.3 Å². The summed E-state index contributed by atoms with van der Waals surface area (Å²) < 4.78 is 0. The van der Waals surface area contributed by atoms with Crippen LogP contribution in [-0.4, -0.2) is 30.4 Å². The second kappa shape index (κ2) is 7.14. The molecule has 0 saturated carbocycles. The Morgan fingerprint density at radius 1 is 1.26 bits per heavy atom. The normalized spacial score (nSPS) is 12.7. The van der Waals surface area contributed by atoms with E-state index in [1.807, 2.05) is 19.2 Å². The van der Waals surface area contributed by atoms with Gasteiger partial charge in [0.15, 0.2) is 0 Å². The maximum absolute atomic E-state index is 11.9. The average molecular weight is 263 g/mol. The molecule has 1 unspecified atom stereocenters. The summed E-state index contributed by atoms with van der Waals surface area (Å²) in [7, 11) is 1.98. The maximum atomic E-state index is 11.9. The first-order chi connectivity index (χ1) is 8.88. The van der Waals surface area contributed by atoms with Gasteiger partial charge >= 0.3 is 0 Å². The van der Waals surface area contributed by atoms with Crippen LogP contribution in [0.2, 0.25) is 0 Å². The lowest BCUT2D eigenvalue weighted by atomic mass is 10.0. The molecule has 0 bridgehead atoms. The van der Waals surface area contributed by atoms with Crippen LogP contribution in [0, 0.1) is 5.92 Å². The number of nitrogens with two attached hydrogens (primary N) is 1. The molecule has 0 aliphatic heterocycles. The average Bonchev–Trinajstić information content (AvgIpc) is 2.31. The molecule has 1 atom stereocenters. The minimum atomic E-state index is 0.00266. The van der Waals surface area contributed by atoms with Crippen molar-refractivity contribution in [2.75, 3.05) is 24.6 Å². The van der Waals surface area contributed by atoms with E-state index in [1.165, 1.54) is 0 Å². The first kappa shape index (κ1) is 15.5. The minimum absolute atomic E-state index is 0.00266. The Morgan fingerprint density at radius 3 is 2.37 bits per heavy atom. The van der Waals surface area contributed by atoms with E-state index < -0.39 is 0 Å². The number of hydrogen-bond acceptors (Lipinski definition) is 3. The van der Waals surface area contributed by atoms with Gasteiger partial charge in [0.25, 0.3) is 0 Å². The van der Waals surface area contributed by atoms with Crippen molar-refractivity contribution < 1.29 is 4.79 Å². The Hall–Kier alpha value is -1.55. The van der Waals surface area contributed by atoms with Gasteiger partial charge in [-0.3, -0.25) is 9.69 Å². The number of carbonyl (C=O) groups excluding carboxylic acids is 1. The van der Waals surface area contributed by atoms with Gasteiger partial charge in [0.05, 0.1) is 6.54 Å². The van der Waals surface area contributed by atoms with E-state index in [0.717, 1.165) is 12.1 Å². The summed E-state index contributed by atoms with van der Waals surface area (Å²) in [5.41, 5.74) is 7.08. The number of anilines is 2. The zero-order valence-electron chi connectivity index (χ0n) is 12.3. The summed E-state index contributed by atoms with van der Waals surface area (Å²) in [6, 6.07) is 7.58. The monoisotopic (exact) mass is 263 g/mol. The summed E-state index contributed by atoms with van der Waals surface area (Å²) in [6.07, 6.45) is 1.09. The fourth-order valence-corrected chi connectivity index (χ4v) is 2.01. The van der Waals surface area contributed by atoms with Gasteiger partial charge in [-0.2, -0.15) is 0 Å². The van der Waals surface area contributed by atoms with Crippen LogP contribution in [0.15, 0.2) is 24.3 Å². The molecule has 0 radical (unpaired) electrons. The van der Waals surface area contributed by atoms with Gasteiger partial charge in [-0.05, 0) is 50.6 Å². The second-order valence-corrected chi connectivity index (χ2v) is 5.56. The highest BCUT2D eigenvalue weighted by Gasteiger charge is 2.14. The number of carbonyl (C=O) groups is 1. The topological polar surface area (TPSA) is 58.4 Å². The van der Waals surface area contributed by atoms with Crippen LogP contribution in [0.1, 0.15) is 27.2 Å². The number of rotatable bonds is 6. The van der Waals surface area contributed by atoms with Gasteiger partial charge in [-0.15, -0.1) is 0 Å². The lowest BCUT2D eigenvalue weighted by molar-refractivity contribution is -0.117. The van der Waals surface area contributed by atoms with Gasteiger partial charge in [0.1, 0.15) is 0 Å². The molecular weight excluding hydrogens is 238 g/mol. The van der Waals surface area contributed by atoms with E-state index in [2.05, 4.69) is 31.0 Å². The predicted octanol–water partition coefficient (Wildman–Crippen LogP) is 2.57. The number of nitrogen functional groups attached to an aromatic ring is 1. The first-order valence-electron chi connectivity index (χ1n) is 6.74. The molecule has 19 heavy (non-hydrogen) atoms. The van der Waals surface area contributed by atoms with Gasteiger partial charge in [-0.1, -0.05) is 13.8 Å². The molecule has 4 nitrogen and oxygen atoms in total. The summed E-state index contributed by atoms with van der Waals surface area (Å²) in [5.74, 6) is 0.639. The van der Waals surface area contributed by atoms with Crippen LogP contribution in [0.25, 0.3) is 0 Å². The molecular formula is C15H25N3O. The van der Waals surface area contributed by atoms with E-state index in [1.54, 1.807) is 12.1 Å². The predicted molar refractivity (Wildman–Crippen MR) is 81.0 cm³/mol. The van der Waals surface area contributed by atoms with Crippen molar-refractivity contribution in [1.82, 2.24) is 4.90 Å². The van der Waals surface area contributed by atoms with E-state index in [-0.39, 0.29) is 5.91 Å². The summed E-state index contributed by atoms with van der Waals surface area (Å²) in [4.78, 5) is 14.0. The van der Waals surface area contributed by atoms with Crippen LogP contribution < -0.4 is 11.1 Å². The number of likely N-dealkylation sites (N-methyl/N-ethyl adjacent to an activating group) is 1. The van der Waals surface area contributed by atoms with Gasteiger partial charge < -0.3 is 11.1 Å². The Morgan fingerprint density at radius 2 is 1.84 bits per heavy atom. The smallest absolute Gasteiger partial charge is 0.238 e. The molecule has 3 N–H and O–H groups in total. The summed E-state index contributed by atoms with van der Waals surface area (Å²) in [5, 5.41) is 2.87. The number of nitrogens with one attached hydrogen (secondary N) is 1. The van der Waals surface area contributed by atoms with E-state index in [9.17, 15) is 4.79 Å². The summed E-state index contributed by atoms with van der Waals surface area (Å²) >= 11 is 0. The molecule has 0 aliphatic carbocycles. The zero-order chi connectivity index (χ0) is 14.4. The van der Waals surface area contributed by atoms with Crippen LogP contribution in [-0.2, 0) is 4.79 Å². The molecule has 0 aromatic heterocycles. The fourth-order valence-electron chi connectivity index (χ4n) is 2.01. The highest BCUT2D eigenvalue weighted by atomic mass is 16.2. The molecule has 4 heteroatoms. The third-order valence-corrected chi connectivity index (χ3v) is 3.15. The molecule has 0 aliphatic rings. The highest BCUT2D eigenvalue weighted by Crippen LogP contribution is 2.12. The van der Waals surface area contributed by atoms with Crippen LogP contribution in [0.5, 0.6) is 0 Å². The maximum Gasteiger partial charge on any atom is 0.238 e. The molecule has 1 aromatic carbocycles. The van der Waals surface area contributed by atoms with E-state index in [0.29, 0.717) is 24.2 Å². The minimum Gasteiger partial charge on any atom is -0.399 e. The molecule has 106 valence electrons. The van der Waals surface area contributed by atoms with Crippen LogP contribution in [0.3, 0.4) is 0 Å². The van der Waals surface area contributed by atoms with Crippen molar-refractivity contribution in [3.63, 3.8) is 0 Å². The first-order valence-corrected chi connectivity index (χ1v) is 6.74. The second-order valence-electron chi connectivity index (χ2n) is 5.56. The van der Waals surface area contributed by atoms with Gasteiger partial charge in [0.2, 0.25) is 5.91 Å². The fraction of sp³-hybridized carbons (Fsp3) is 0.533. The molecule has 0 heterocycles. The quantitative estimate of drug-likeness (QED) is 0.776. The van der Waals surface area contributed by atoms with Crippen molar-refractivity contribution >= 4 is 17.3 Å². The van der Waals surface area contributed by atoms with Crippen LogP contribution >= 0.6 is 0 Å². The summed E-state index contributed by atoms with van der Waals surface area (Å²) in [6.45, 7) is 6.94. The third kappa shape index (κ3) is 5.75. The molecule has 1 amide bonds. The lowest BCUT2D eigenvalue weighted by Crippen LogP contribution is -2.37. The van der Waals surface area contributed by atoms with Crippen molar-refractivity contribution in [1.29, 1.82) is 0 Å². The standard InChI is InChI=1S/C15H25N3O/c1-11(2)9-12(3)18(4)10-15(19)17-14-7-5-13(16)6-8-14/h5-8,11-12H,9-10,16H2,1-4H3,(H,17,19). The molecule has 1 rings (SSSR count). The van der Waals surface area contributed by atoms with Crippen molar-refractivity contribution in [2.45, 2.75) is 33.2 Å². The molecule has 0 saturated heterocycles. The molecule has 0 fully saturated rings. The van der Waals surface area contributed by atoms with E-state index >= 15 is 0 Å². The molecule has 0 spiro atoms. The Balaban J connectivity index is 2.44. The van der Waals surface area contributed by atoms with Crippen LogP contribution in [0.4, 0.5) is 11.4 Å². The number of benzene rings is 1. The van der Waals surface area contributed by atoms with E-state index in [4.69, 9.17) is 5.73 Å². The SMILES string of the molecule is CC(C)CC(C)N(C)CC(=O)Nc1ccc(N)cc1. The van der Waals surface area contributed by atoms with Crippen molar-refractivity contribution in [2.24, 2.45) is 5.92 Å². The zero-order valence-corrected chi connectivity index (χ0v) is 12.3. The largest absolute Gasteiger partial charge is 0.399 e. The van der Waals surface area contributed by atoms with Gasteiger partial charge in [0, 0.05) is 17.4 Å². The Kier molecular flexibility index (Phi) is 5.83. The Bertz CT molecular complexity index is 400.